The molecule has 1 atom stereocenters. The van der Waals surface area contributed by atoms with Crippen molar-refractivity contribution in [1.82, 2.24) is 10.2 Å². The standard InChI is InChI=1S/C22H27N3O6/c1-4-12-23-22(27)16(2)24(14-17-8-6-5-7-9-17)21(26)15-31-18-10-11-19(25(28)29)20(13-18)30-3/h5-11,13,16H,4,12,14-15H2,1-3H3,(H,23,27)/t16-/m1/s1. The van der Waals surface area contributed by atoms with Crippen LogP contribution in [0.1, 0.15) is 25.8 Å². The van der Waals surface area contributed by atoms with E-state index in [0.717, 1.165) is 12.0 Å². The zero-order valence-corrected chi connectivity index (χ0v) is 17.9. The van der Waals surface area contributed by atoms with Gasteiger partial charge in [-0.25, -0.2) is 0 Å². The highest BCUT2D eigenvalue weighted by atomic mass is 16.6. The number of rotatable bonds is 11. The molecule has 2 amide bonds. The number of ether oxygens (including phenoxy) is 2. The molecule has 0 unspecified atom stereocenters. The van der Waals surface area contributed by atoms with Gasteiger partial charge < -0.3 is 19.7 Å². The van der Waals surface area contributed by atoms with Crippen LogP contribution in [0.4, 0.5) is 5.69 Å². The van der Waals surface area contributed by atoms with Crippen LogP contribution < -0.4 is 14.8 Å². The van der Waals surface area contributed by atoms with E-state index in [9.17, 15) is 19.7 Å². The highest BCUT2D eigenvalue weighted by Crippen LogP contribution is 2.30. The second kappa shape index (κ2) is 11.5. The van der Waals surface area contributed by atoms with Gasteiger partial charge in [-0.05, 0) is 25.0 Å². The molecule has 0 aliphatic rings. The molecule has 0 radical (unpaired) electrons. The van der Waals surface area contributed by atoms with Crippen molar-refractivity contribution in [3.8, 4) is 11.5 Å². The van der Waals surface area contributed by atoms with Crippen molar-refractivity contribution in [2.45, 2.75) is 32.9 Å². The first-order valence-electron chi connectivity index (χ1n) is 9.93. The molecule has 9 nitrogen and oxygen atoms in total. The summed E-state index contributed by atoms with van der Waals surface area (Å²) in [5.74, 6) is -0.356. The van der Waals surface area contributed by atoms with Gasteiger partial charge in [0.25, 0.3) is 5.91 Å². The molecule has 0 heterocycles. The summed E-state index contributed by atoms with van der Waals surface area (Å²) in [4.78, 5) is 37.3. The Morgan fingerprint density at radius 3 is 2.52 bits per heavy atom. The average Bonchev–Trinajstić information content (AvgIpc) is 2.79. The molecular weight excluding hydrogens is 402 g/mol. The number of carbonyl (C=O) groups excluding carboxylic acids is 2. The number of amides is 2. The second-order valence-corrected chi connectivity index (χ2v) is 6.85. The molecule has 9 heteroatoms. The van der Waals surface area contributed by atoms with Crippen LogP contribution in [0.25, 0.3) is 0 Å². The molecular formula is C22H27N3O6. The third kappa shape index (κ3) is 6.70. The number of benzene rings is 2. The molecule has 2 aromatic carbocycles. The molecule has 0 bridgehead atoms. The summed E-state index contributed by atoms with van der Waals surface area (Å²) in [5, 5.41) is 13.8. The fraction of sp³-hybridized carbons (Fsp3) is 0.364. The molecule has 0 aliphatic carbocycles. The Labute approximate surface area is 181 Å². The van der Waals surface area contributed by atoms with E-state index < -0.39 is 11.0 Å². The lowest BCUT2D eigenvalue weighted by Gasteiger charge is -2.28. The van der Waals surface area contributed by atoms with Crippen LogP contribution in [0.15, 0.2) is 48.5 Å². The van der Waals surface area contributed by atoms with Crippen LogP contribution in [-0.4, -0.2) is 47.9 Å². The molecule has 31 heavy (non-hydrogen) atoms. The van der Waals surface area contributed by atoms with Crippen LogP contribution >= 0.6 is 0 Å². The topological polar surface area (TPSA) is 111 Å². The second-order valence-electron chi connectivity index (χ2n) is 6.85. The number of hydrogen-bond acceptors (Lipinski definition) is 6. The van der Waals surface area contributed by atoms with E-state index in [4.69, 9.17) is 9.47 Å². The Morgan fingerprint density at radius 2 is 1.90 bits per heavy atom. The first-order valence-corrected chi connectivity index (χ1v) is 9.93. The summed E-state index contributed by atoms with van der Waals surface area (Å²) in [6, 6.07) is 12.6. The third-order valence-corrected chi connectivity index (χ3v) is 4.62. The first kappa shape index (κ1) is 23.7. The number of hydrogen-bond donors (Lipinski definition) is 1. The van der Waals surface area contributed by atoms with E-state index in [1.54, 1.807) is 6.92 Å². The van der Waals surface area contributed by atoms with Gasteiger partial charge in [0.05, 0.1) is 12.0 Å². The zero-order chi connectivity index (χ0) is 22.8. The summed E-state index contributed by atoms with van der Waals surface area (Å²) in [6.45, 7) is 4.05. The quantitative estimate of drug-likeness (QED) is 0.434. The minimum absolute atomic E-state index is 0.0309. The largest absolute Gasteiger partial charge is 0.490 e. The molecule has 0 fully saturated rings. The molecule has 2 rings (SSSR count). The fourth-order valence-electron chi connectivity index (χ4n) is 2.89. The Balaban J connectivity index is 2.14. The van der Waals surface area contributed by atoms with Crippen molar-refractivity contribution in [2.75, 3.05) is 20.3 Å². The van der Waals surface area contributed by atoms with Crippen LogP contribution in [0.2, 0.25) is 0 Å². The summed E-state index contributed by atoms with van der Waals surface area (Å²) >= 11 is 0. The van der Waals surface area contributed by atoms with Gasteiger partial charge in [0.1, 0.15) is 11.8 Å². The van der Waals surface area contributed by atoms with E-state index in [-0.39, 0.29) is 42.2 Å². The van der Waals surface area contributed by atoms with Crippen LogP contribution in [0, 0.1) is 10.1 Å². The average molecular weight is 429 g/mol. The van der Waals surface area contributed by atoms with Gasteiger partial charge in [-0.2, -0.15) is 0 Å². The lowest BCUT2D eigenvalue weighted by atomic mass is 10.1. The highest BCUT2D eigenvalue weighted by molar-refractivity contribution is 5.87. The van der Waals surface area contributed by atoms with Gasteiger partial charge in [0.15, 0.2) is 6.61 Å². The molecule has 1 N–H and O–H groups in total. The smallest absolute Gasteiger partial charge is 0.311 e. The van der Waals surface area contributed by atoms with Crippen molar-refractivity contribution >= 4 is 17.5 Å². The van der Waals surface area contributed by atoms with Crippen LogP contribution in [0.3, 0.4) is 0 Å². The molecule has 0 aromatic heterocycles. The van der Waals surface area contributed by atoms with Gasteiger partial charge in [-0.15, -0.1) is 0 Å². The van der Waals surface area contributed by atoms with Crippen molar-refractivity contribution in [3.05, 3.63) is 64.2 Å². The summed E-state index contributed by atoms with van der Waals surface area (Å²) in [7, 11) is 1.31. The van der Waals surface area contributed by atoms with Crippen molar-refractivity contribution < 1.29 is 24.0 Å². The summed E-state index contributed by atoms with van der Waals surface area (Å²) in [5.41, 5.74) is 0.677. The SMILES string of the molecule is CCCNC(=O)[C@@H](C)N(Cc1ccccc1)C(=O)COc1ccc([N+](=O)[O-])c(OC)c1. The van der Waals surface area contributed by atoms with E-state index in [1.807, 2.05) is 37.3 Å². The number of nitrogens with one attached hydrogen (secondary N) is 1. The van der Waals surface area contributed by atoms with Gasteiger partial charge in [-0.1, -0.05) is 37.3 Å². The Morgan fingerprint density at radius 1 is 1.19 bits per heavy atom. The van der Waals surface area contributed by atoms with Crippen LogP contribution in [-0.2, 0) is 16.1 Å². The molecule has 0 aliphatic heterocycles. The van der Waals surface area contributed by atoms with E-state index in [0.29, 0.717) is 6.54 Å². The lowest BCUT2D eigenvalue weighted by Crippen LogP contribution is -2.49. The summed E-state index contributed by atoms with van der Waals surface area (Å²) in [6.07, 6.45) is 0.788. The number of carbonyl (C=O) groups is 2. The van der Waals surface area contributed by atoms with Gasteiger partial charge in [0, 0.05) is 25.2 Å². The first-order chi connectivity index (χ1) is 14.9. The van der Waals surface area contributed by atoms with Gasteiger partial charge in [-0.3, -0.25) is 19.7 Å². The maximum Gasteiger partial charge on any atom is 0.311 e. The third-order valence-electron chi connectivity index (χ3n) is 4.62. The molecule has 0 saturated heterocycles. The fourth-order valence-corrected chi connectivity index (χ4v) is 2.89. The number of nitro groups is 1. The number of nitro benzene ring substituents is 1. The van der Waals surface area contributed by atoms with Crippen LogP contribution in [0.5, 0.6) is 11.5 Å². The maximum atomic E-state index is 13.0. The molecule has 0 spiro atoms. The van der Waals surface area contributed by atoms with Crippen molar-refractivity contribution in [2.24, 2.45) is 0 Å². The molecule has 166 valence electrons. The number of methoxy groups -OCH3 is 1. The minimum atomic E-state index is -0.700. The van der Waals surface area contributed by atoms with E-state index in [1.165, 1.54) is 30.2 Å². The monoisotopic (exact) mass is 429 g/mol. The van der Waals surface area contributed by atoms with Gasteiger partial charge in [0.2, 0.25) is 11.7 Å². The Bertz CT molecular complexity index is 903. The Hall–Kier alpha value is -3.62. The lowest BCUT2D eigenvalue weighted by molar-refractivity contribution is -0.385. The number of nitrogens with zero attached hydrogens (tertiary/aromatic N) is 2. The van der Waals surface area contributed by atoms with Crippen molar-refractivity contribution in [1.29, 1.82) is 0 Å². The highest BCUT2D eigenvalue weighted by Gasteiger charge is 2.26. The Kier molecular flexibility index (Phi) is 8.80. The zero-order valence-electron chi connectivity index (χ0n) is 17.9. The van der Waals surface area contributed by atoms with Crippen molar-refractivity contribution in [3.63, 3.8) is 0 Å². The summed E-state index contributed by atoms with van der Waals surface area (Å²) < 4.78 is 10.6. The molecule has 2 aromatic rings. The minimum Gasteiger partial charge on any atom is -0.490 e. The van der Waals surface area contributed by atoms with E-state index in [2.05, 4.69) is 5.32 Å². The predicted octanol–water partition coefficient (Wildman–Crippen LogP) is 2.93. The van der Waals surface area contributed by atoms with E-state index >= 15 is 0 Å². The van der Waals surface area contributed by atoms with Gasteiger partial charge >= 0.3 is 5.69 Å². The molecule has 0 saturated carbocycles. The maximum absolute atomic E-state index is 13.0. The predicted molar refractivity (Wildman–Crippen MR) is 115 cm³/mol. The normalized spacial score (nSPS) is 11.3.